The van der Waals surface area contributed by atoms with Crippen molar-refractivity contribution in [2.45, 2.75) is 63.4 Å². The summed E-state index contributed by atoms with van der Waals surface area (Å²) in [4.78, 5) is 11.5. The lowest BCUT2D eigenvalue weighted by atomic mass is 9.91. The van der Waals surface area contributed by atoms with Crippen LogP contribution in [0.4, 0.5) is 0 Å². The number of rotatable bonds is 8. The summed E-state index contributed by atoms with van der Waals surface area (Å²) >= 11 is 0. The predicted octanol–water partition coefficient (Wildman–Crippen LogP) is 2.06. The molecule has 2 rings (SSSR count). The number of esters is 1. The number of fused-ring (bicyclic) bond motifs is 1. The van der Waals surface area contributed by atoms with Crippen molar-refractivity contribution < 1.29 is 24.3 Å². The van der Waals surface area contributed by atoms with Crippen LogP contribution in [0.1, 0.15) is 39.0 Å². The van der Waals surface area contributed by atoms with Crippen molar-refractivity contribution in [3.8, 4) is 0 Å². The van der Waals surface area contributed by atoms with Crippen LogP contribution in [-0.2, 0) is 14.1 Å². The molecular formula is C15H25BO5P2. The first-order chi connectivity index (χ1) is 10.9. The molecule has 128 valence electrons. The minimum atomic E-state index is -1.07. The molecule has 1 saturated carbocycles. The van der Waals surface area contributed by atoms with Gasteiger partial charge in [-0.1, -0.05) is 28.0 Å². The Bertz CT molecular complexity index is 434. The van der Waals surface area contributed by atoms with Crippen LogP contribution in [0.15, 0.2) is 12.2 Å². The highest BCUT2D eigenvalue weighted by molar-refractivity contribution is 8.23. The largest absolute Gasteiger partial charge is 0.462 e. The monoisotopic (exact) mass is 358 g/mol. The van der Waals surface area contributed by atoms with E-state index in [-0.39, 0.29) is 36.1 Å². The molecule has 1 saturated heterocycles. The summed E-state index contributed by atoms with van der Waals surface area (Å²) < 4.78 is 11.1. The summed E-state index contributed by atoms with van der Waals surface area (Å²) in [6.45, 7) is 1.92. The van der Waals surface area contributed by atoms with Crippen LogP contribution >= 0.6 is 16.6 Å². The van der Waals surface area contributed by atoms with E-state index in [2.05, 4.69) is 8.93 Å². The van der Waals surface area contributed by atoms with E-state index in [1.165, 1.54) is 0 Å². The molecule has 6 unspecified atom stereocenters. The first kappa shape index (κ1) is 19.3. The van der Waals surface area contributed by atoms with E-state index in [0.717, 1.165) is 0 Å². The number of aliphatic hydroxyl groups is 2. The van der Waals surface area contributed by atoms with Crippen molar-refractivity contribution in [3.63, 3.8) is 0 Å². The van der Waals surface area contributed by atoms with Gasteiger partial charge in [-0.25, -0.2) is 0 Å². The molecular weight excluding hydrogens is 333 g/mol. The lowest BCUT2D eigenvalue weighted by molar-refractivity contribution is -0.141. The highest BCUT2D eigenvalue weighted by atomic mass is 32.0. The molecule has 1 heterocycles. The molecule has 1 aliphatic heterocycles. The SMILES string of the molecule is [B]P(P)O[C@H]1C[C@@H]2OC(=O)CC2C1/C=C/C(O)CCC(O)CC. The van der Waals surface area contributed by atoms with Crippen LogP contribution in [-0.4, -0.2) is 48.2 Å². The first-order valence-corrected chi connectivity index (χ1v) is 11.1. The minimum absolute atomic E-state index is 0.0197. The van der Waals surface area contributed by atoms with Crippen molar-refractivity contribution in [1.29, 1.82) is 0 Å². The zero-order valence-corrected chi connectivity index (χ0v) is 15.4. The Kier molecular flexibility index (Phi) is 7.50. The molecule has 0 aromatic carbocycles. The summed E-state index contributed by atoms with van der Waals surface area (Å²) in [6, 6.07) is 0. The van der Waals surface area contributed by atoms with Crippen molar-refractivity contribution in [3.05, 3.63) is 12.2 Å². The van der Waals surface area contributed by atoms with Gasteiger partial charge in [0.05, 0.1) is 24.7 Å². The Hall–Kier alpha value is 0.0149. The quantitative estimate of drug-likeness (QED) is 0.301. The number of carbonyl (C=O) groups is 1. The predicted molar refractivity (Wildman–Crippen MR) is 94.0 cm³/mol. The van der Waals surface area contributed by atoms with Crippen LogP contribution in [0.2, 0.25) is 0 Å². The highest BCUT2D eigenvalue weighted by Crippen LogP contribution is 2.50. The van der Waals surface area contributed by atoms with Crippen LogP contribution in [0.25, 0.3) is 0 Å². The van der Waals surface area contributed by atoms with Crippen LogP contribution < -0.4 is 0 Å². The normalized spacial score (nSPS) is 34.3. The average Bonchev–Trinajstić information content (AvgIpc) is 2.97. The molecule has 2 fully saturated rings. The van der Waals surface area contributed by atoms with Crippen molar-refractivity contribution in [2.24, 2.45) is 11.8 Å². The van der Waals surface area contributed by atoms with Crippen molar-refractivity contribution in [2.75, 3.05) is 0 Å². The van der Waals surface area contributed by atoms with Crippen LogP contribution in [0.5, 0.6) is 0 Å². The maximum absolute atomic E-state index is 11.5. The summed E-state index contributed by atoms with van der Waals surface area (Å²) in [5, 5.41) is 19.6. The smallest absolute Gasteiger partial charge is 0.306 e. The highest BCUT2D eigenvalue weighted by Gasteiger charge is 2.49. The van der Waals surface area contributed by atoms with Crippen LogP contribution in [0.3, 0.4) is 0 Å². The molecule has 2 N–H and O–H groups in total. The van der Waals surface area contributed by atoms with Gasteiger partial charge in [0.25, 0.3) is 0 Å². The zero-order valence-electron chi connectivity index (χ0n) is 13.4. The summed E-state index contributed by atoms with van der Waals surface area (Å²) in [5.41, 5.74) is 0. The molecule has 8 heteroatoms. The number of carbonyl (C=O) groups excluding carboxylic acids is 1. The molecule has 0 aromatic rings. The Morgan fingerprint density at radius 3 is 2.91 bits per heavy atom. The van der Waals surface area contributed by atoms with E-state index in [1.54, 1.807) is 6.08 Å². The van der Waals surface area contributed by atoms with Crippen molar-refractivity contribution >= 4 is 30.2 Å². The Morgan fingerprint density at radius 2 is 2.26 bits per heavy atom. The maximum Gasteiger partial charge on any atom is 0.306 e. The summed E-state index contributed by atoms with van der Waals surface area (Å²) in [6.07, 6.45) is 5.32. The van der Waals surface area contributed by atoms with Gasteiger partial charge in [0.1, 0.15) is 6.10 Å². The molecule has 5 nitrogen and oxygen atoms in total. The zero-order chi connectivity index (χ0) is 17.0. The van der Waals surface area contributed by atoms with E-state index in [4.69, 9.17) is 16.8 Å². The molecule has 1 aliphatic carbocycles. The van der Waals surface area contributed by atoms with Gasteiger partial charge in [0, 0.05) is 18.3 Å². The van der Waals surface area contributed by atoms with E-state index < -0.39 is 13.8 Å². The number of hydrogen-bond donors (Lipinski definition) is 2. The van der Waals surface area contributed by atoms with Gasteiger partial charge in [-0.2, -0.15) is 0 Å². The first-order valence-electron chi connectivity index (χ1n) is 8.11. The van der Waals surface area contributed by atoms with Crippen molar-refractivity contribution in [1.82, 2.24) is 0 Å². The third-order valence-electron chi connectivity index (χ3n) is 4.63. The summed E-state index contributed by atoms with van der Waals surface area (Å²) in [7, 11) is 7.16. The molecule has 8 atom stereocenters. The lowest BCUT2D eigenvalue weighted by Crippen LogP contribution is -2.20. The van der Waals surface area contributed by atoms with Gasteiger partial charge < -0.3 is 19.5 Å². The van der Waals surface area contributed by atoms with E-state index in [1.807, 2.05) is 13.0 Å². The average molecular weight is 358 g/mol. The second kappa shape index (κ2) is 8.92. The van der Waals surface area contributed by atoms with Gasteiger partial charge in [-0.05, 0) is 27.0 Å². The fraction of sp³-hybridized carbons (Fsp3) is 0.800. The second-order valence-corrected chi connectivity index (χ2v) is 8.76. The Morgan fingerprint density at radius 1 is 1.52 bits per heavy atom. The van der Waals surface area contributed by atoms with Gasteiger partial charge in [-0.15, -0.1) is 0 Å². The molecule has 2 aliphatic rings. The van der Waals surface area contributed by atoms with E-state index in [0.29, 0.717) is 32.1 Å². The fourth-order valence-electron chi connectivity index (χ4n) is 3.35. The van der Waals surface area contributed by atoms with E-state index >= 15 is 0 Å². The topological polar surface area (TPSA) is 76.0 Å². The number of aliphatic hydroxyl groups excluding tert-OH is 2. The second-order valence-electron chi connectivity index (χ2n) is 6.30. The van der Waals surface area contributed by atoms with Gasteiger partial charge >= 0.3 is 5.97 Å². The minimum Gasteiger partial charge on any atom is -0.462 e. The fourth-order valence-corrected chi connectivity index (χ4v) is 4.36. The molecule has 0 amide bonds. The van der Waals surface area contributed by atoms with Crippen LogP contribution in [0, 0.1) is 11.8 Å². The van der Waals surface area contributed by atoms with E-state index in [9.17, 15) is 15.0 Å². The summed E-state index contributed by atoms with van der Waals surface area (Å²) in [5.74, 6) is -0.0483. The van der Waals surface area contributed by atoms with Gasteiger partial charge in [0.2, 0.25) is 0 Å². The third-order valence-corrected chi connectivity index (χ3v) is 5.51. The third kappa shape index (κ3) is 5.51. The van der Waals surface area contributed by atoms with Gasteiger partial charge in [0.15, 0.2) is 7.57 Å². The Labute approximate surface area is 142 Å². The lowest BCUT2D eigenvalue weighted by Gasteiger charge is -2.22. The number of ether oxygens (including phenoxy) is 1. The molecule has 23 heavy (non-hydrogen) atoms. The van der Waals surface area contributed by atoms with Gasteiger partial charge in [-0.3, -0.25) is 4.79 Å². The standard InChI is InChI=1S/C15H25BO5P2/c1-2-9(17)3-4-10(18)5-6-11-12-7-15(19)20-13(12)8-14(11)21-23(16)22/h5-6,9-14,17-18H,2-4,7-8,22H2,1H3/b6-5+/t9?,10?,11?,12?,13-,14-,23?/m0/s1. The number of hydrogen-bond acceptors (Lipinski definition) is 5. The molecule has 2 radical (unpaired) electrons. The molecule has 0 aromatic heterocycles. The Balaban J connectivity index is 1.95. The molecule has 0 spiro atoms. The molecule has 0 bridgehead atoms. The maximum atomic E-state index is 11.5.